The van der Waals surface area contributed by atoms with Crippen molar-refractivity contribution in [1.29, 1.82) is 0 Å². The fourth-order valence-corrected chi connectivity index (χ4v) is 6.20. The number of thiazole rings is 1. The van der Waals surface area contributed by atoms with Crippen LogP contribution < -0.4 is 9.64 Å². The average Bonchev–Trinajstić information content (AvgIpc) is 3.69. The number of fused-ring (bicyclic) bond motifs is 3. The Morgan fingerprint density at radius 2 is 1.65 bits per heavy atom. The molecule has 6 nitrogen and oxygen atoms in total. The lowest BCUT2D eigenvalue weighted by molar-refractivity contribution is 0.482. The summed E-state index contributed by atoms with van der Waals surface area (Å²) >= 11 is 1.74. The maximum absolute atomic E-state index is 6.45. The molecule has 0 saturated carbocycles. The molecular weight excluding hydrogens is 514 g/mol. The van der Waals surface area contributed by atoms with Gasteiger partial charge in [-0.25, -0.2) is 4.98 Å². The van der Waals surface area contributed by atoms with E-state index >= 15 is 0 Å². The van der Waals surface area contributed by atoms with Gasteiger partial charge in [-0.3, -0.25) is 9.55 Å². The summed E-state index contributed by atoms with van der Waals surface area (Å²) in [5.41, 5.74) is 5.35. The fraction of sp³-hybridized carbons (Fsp3) is 0.152. The van der Waals surface area contributed by atoms with Crippen molar-refractivity contribution in [2.45, 2.75) is 19.8 Å². The van der Waals surface area contributed by atoms with E-state index in [1.54, 1.807) is 11.3 Å². The highest BCUT2D eigenvalue weighted by Gasteiger charge is 2.21. The van der Waals surface area contributed by atoms with Crippen LogP contribution in [0.25, 0.3) is 32.6 Å². The number of hydrogen-bond acceptors (Lipinski definition) is 6. The number of para-hydroxylation sites is 1. The first-order valence-electron chi connectivity index (χ1n) is 13.4. The average molecular weight is 544 g/mol. The van der Waals surface area contributed by atoms with Crippen molar-refractivity contribution in [2.24, 2.45) is 0 Å². The third-order valence-electron chi connectivity index (χ3n) is 7.28. The molecule has 0 spiro atoms. The molecule has 1 aliphatic heterocycles. The number of pyridine rings is 1. The lowest BCUT2D eigenvalue weighted by Gasteiger charge is -2.20. The quantitative estimate of drug-likeness (QED) is 0.212. The zero-order valence-electron chi connectivity index (χ0n) is 22.7. The van der Waals surface area contributed by atoms with Crippen LogP contribution in [0.4, 0.5) is 5.69 Å². The summed E-state index contributed by atoms with van der Waals surface area (Å²) in [6.45, 7) is 5.16. The first kappa shape index (κ1) is 24.4. The number of anilines is 1. The maximum atomic E-state index is 6.45. The van der Waals surface area contributed by atoms with E-state index in [9.17, 15) is 0 Å². The van der Waals surface area contributed by atoms with Crippen molar-refractivity contribution in [3.8, 4) is 16.6 Å². The first-order chi connectivity index (χ1) is 19.5. The second-order valence-corrected chi connectivity index (χ2v) is 11.4. The Kier molecular flexibility index (Phi) is 6.01. The lowest BCUT2D eigenvalue weighted by Crippen LogP contribution is -2.23. The molecule has 198 valence electrons. The summed E-state index contributed by atoms with van der Waals surface area (Å²) in [6, 6.07) is 29.1. The summed E-state index contributed by atoms with van der Waals surface area (Å²) < 4.78 is 8.71. The van der Waals surface area contributed by atoms with E-state index in [2.05, 4.69) is 101 Å². The largest absolute Gasteiger partial charge is 0.457 e. The van der Waals surface area contributed by atoms with Gasteiger partial charge in [0.25, 0.3) is 0 Å². The molecule has 40 heavy (non-hydrogen) atoms. The van der Waals surface area contributed by atoms with Gasteiger partial charge in [-0.2, -0.15) is 0 Å². The van der Waals surface area contributed by atoms with E-state index in [1.807, 2.05) is 42.7 Å². The Morgan fingerprint density at radius 1 is 0.825 bits per heavy atom. The van der Waals surface area contributed by atoms with Crippen LogP contribution in [-0.2, 0) is 0 Å². The molecule has 3 aromatic carbocycles. The van der Waals surface area contributed by atoms with E-state index in [0.717, 1.165) is 51.4 Å². The zero-order valence-corrected chi connectivity index (χ0v) is 23.5. The van der Waals surface area contributed by atoms with Crippen LogP contribution in [0.15, 0.2) is 104 Å². The van der Waals surface area contributed by atoms with Gasteiger partial charge in [0.05, 0.1) is 29.1 Å². The van der Waals surface area contributed by atoms with Crippen LogP contribution in [-0.4, -0.2) is 33.2 Å². The Hall–Kier alpha value is -4.62. The van der Waals surface area contributed by atoms with Crippen LogP contribution in [0.3, 0.4) is 0 Å². The molecule has 1 aliphatic rings. The van der Waals surface area contributed by atoms with Gasteiger partial charge >= 0.3 is 0 Å². The topological polar surface area (TPSA) is 46.4 Å². The highest BCUT2D eigenvalue weighted by molar-refractivity contribution is 7.14. The second-order valence-electron chi connectivity index (χ2n) is 10.4. The first-order valence-corrected chi connectivity index (χ1v) is 14.2. The number of rotatable bonds is 6. The van der Waals surface area contributed by atoms with Gasteiger partial charge in [-0.05, 0) is 48.4 Å². The third kappa shape index (κ3) is 4.28. The fourth-order valence-electron chi connectivity index (χ4n) is 5.25. The van der Waals surface area contributed by atoms with Crippen LogP contribution in [0, 0.1) is 0 Å². The van der Waals surface area contributed by atoms with Crippen LogP contribution in [0.2, 0.25) is 0 Å². The molecule has 0 bridgehead atoms. The molecule has 0 saturated heterocycles. The highest BCUT2D eigenvalue weighted by Crippen LogP contribution is 2.38. The monoisotopic (exact) mass is 543 g/mol. The Labute approximate surface area is 237 Å². The van der Waals surface area contributed by atoms with Crippen molar-refractivity contribution < 1.29 is 4.74 Å². The van der Waals surface area contributed by atoms with Gasteiger partial charge in [0, 0.05) is 59.1 Å². The van der Waals surface area contributed by atoms with E-state index < -0.39 is 0 Å². The van der Waals surface area contributed by atoms with Gasteiger partial charge in [-0.15, -0.1) is 11.3 Å². The van der Waals surface area contributed by atoms with Gasteiger partial charge < -0.3 is 14.5 Å². The molecule has 0 fully saturated rings. The molecule has 0 radical (unpaired) electrons. The minimum absolute atomic E-state index is 0.441. The van der Waals surface area contributed by atoms with Crippen molar-refractivity contribution >= 4 is 44.5 Å². The van der Waals surface area contributed by atoms with Gasteiger partial charge in [0.1, 0.15) is 11.5 Å². The number of benzene rings is 3. The van der Waals surface area contributed by atoms with Crippen LogP contribution >= 0.6 is 11.3 Å². The normalized spacial score (nSPS) is 13.6. The summed E-state index contributed by atoms with van der Waals surface area (Å²) in [5, 5.41) is 3.37. The van der Waals surface area contributed by atoms with Gasteiger partial charge in [0.15, 0.2) is 5.13 Å². The highest BCUT2D eigenvalue weighted by atomic mass is 32.1. The summed E-state index contributed by atoms with van der Waals surface area (Å²) in [7, 11) is 2.09. The minimum atomic E-state index is 0.441. The number of hydrogen-bond donors (Lipinski definition) is 0. The van der Waals surface area contributed by atoms with Crippen LogP contribution in [0.1, 0.15) is 30.3 Å². The Balaban J connectivity index is 1.23. The standard InChI is InChI=1S/C33H29N5OS/c1-22(2)32-19-35-33(40-32)38-29-13-5-4-11-26(29)27-15-14-25(18-30(27)38)39-24-10-8-9-23(17-24)37-20-31(36(3)21-37)28-12-6-7-16-34-28/h4-20,22H,21H2,1-3H3. The Bertz CT molecular complexity index is 1870. The van der Waals surface area contributed by atoms with Gasteiger partial charge in [-0.1, -0.05) is 44.2 Å². The number of nitrogens with zero attached hydrogens (tertiary/aromatic N) is 5. The molecule has 0 amide bonds. The molecule has 0 N–H and O–H groups in total. The summed E-state index contributed by atoms with van der Waals surface area (Å²) in [5.74, 6) is 2.02. The van der Waals surface area contributed by atoms with E-state index in [-0.39, 0.29) is 0 Å². The van der Waals surface area contributed by atoms with Crippen LogP contribution in [0.5, 0.6) is 11.5 Å². The predicted octanol–water partition coefficient (Wildman–Crippen LogP) is 8.26. The van der Waals surface area contributed by atoms with Crippen molar-refractivity contribution in [3.05, 3.63) is 114 Å². The lowest BCUT2D eigenvalue weighted by atomic mass is 10.1. The van der Waals surface area contributed by atoms with E-state index in [4.69, 9.17) is 9.72 Å². The molecule has 0 atom stereocenters. The maximum Gasteiger partial charge on any atom is 0.194 e. The van der Waals surface area contributed by atoms with Crippen molar-refractivity contribution in [2.75, 3.05) is 18.6 Å². The molecule has 6 aromatic rings. The molecule has 0 aliphatic carbocycles. The van der Waals surface area contributed by atoms with E-state index in [1.165, 1.54) is 15.6 Å². The molecule has 0 unspecified atom stereocenters. The SMILES string of the molecule is CC(C)c1cnc(-n2c3ccccc3c3ccc(Oc4cccc(N5C=C(c6ccccn6)N(C)C5)c4)cc32)s1. The minimum Gasteiger partial charge on any atom is -0.457 e. The van der Waals surface area contributed by atoms with Crippen molar-refractivity contribution in [1.82, 2.24) is 19.4 Å². The second kappa shape index (κ2) is 9.84. The van der Waals surface area contributed by atoms with Crippen molar-refractivity contribution in [3.63, 3.8) is 0 Å². The molecule has 7 heteroatoms. The number of ether oxygens (including phenoxy) is 1. The predicted molar refractivity (Wildman–Crippen MR) is 164 cm³/mol. The third-order valence-corrected chi connectivity index (χ3v) is 8.57. The smallest absolute Gasteiger partial charge is 0.194 e. The molecule has 4 heterocycles. The summed E-state index contributed by atoms with van der Waals surface area (Å²) in [6.07, 6.45) is 5.97. The summed E-state index contributed by atoms with van der Waals surface area (Å²) in [4.78, 5) is 15.0. The number of aromatic nitrogens is 3. The van der Waals surface area contributed by atoms with Gasteiger partial charge in [0.2, 0.25) is 0 Å². The Morgan fingerprint density at radius 3 is 2.48 bits per heavy atom. The molecule has 7 rings (SSSR count). The molecular formula is C33H29N5OS. The zero-order chi connectivity index (χ0) is 27.2. The molecule has 3 aromatic heterocycles. The van der Waals surface area contributed by atoms with E-state index in [0.29, 0.717) is 5.92 Å².